The molecule has 0 saturated heterocycles. The van der Waals surface area contributed by atoms with E-state index < -0.39 is 29.9 Å². The molecule has 0 amide bonds. The predicted molar refractivity (Wildman–Crippen MR) is 68.1 cm³/mol. The second kappa shape index (κ2) is 6.60. The number of rotatable bonds is 7. The zero-order chi connectivity index (χ0) is 16.3. The van der Waals surface area contributed by atoms with Crippen LogP contribution >= 0.6 is 0 Å². The van der Waals surface area contributed by atoms with Crippen LogP contribution in [-0.4, -0.2) is 30.6 Å². The molecule has 21 heavy (non-hydrogen) atoms. The Kier molecular flexibility index (Phi) is 5.77. The van der Waals surface area contributed by atoms with Gasteiger partial charge in [0.25, 0.3) is 0 Å². The van der Waals surface area contributed by atoms with Crippen LogP contribution in [0.15, 0.2) is 12.7 Å². The average molecular weight is 316 g/mol. The van der Waals surface area contributed by atoms with Crippen LogP contribution in [0.1, 0.15) is 39.5 Å². The summed E-state index contributed by atoms with van der Waals surface area (Å²) in [5.74, 6) is -6.03. The highest BCUT2D eigenvalue weighted by atomic mass is 19.4. The van der Waals surface area contributed by atoms with E-state index in [0.717, 1.165) is 6.08 Å². The Bertz CT molecular complexity index is 356. The van der Waals surface area contributed by atoms with Crippen molar-refractivity contribution in [3.63, 3.8) is 0 Å². The van der Waals surface area contributed by atoms with Crippen LogP contribution in [0.2, 0.25) is 0 Å². The summed E-state index contributed by atoms with van der Waals surface area (Å²) in [6, 6.07) is 0. The van der Waals surface area contributed by atoms with Gasteiger partial charge in [-0.2, -0.15) is 22.0 Å². The molecule has 124 valence electrons. The summed E-state index contributed by atoms with van der Waals surface area (Å²) in [6.07, 6.45) is -5.04. The van der Waals surface area contributed by atoms with Crippen molar-refractivity contribution in [3.8, 4) is 0 Å². The molecule has 0 heterocycles. The zero-order valence-corrected chi connectivity index (χ0v) is 12.2. The Morgan fingerprint density at radius 3 is 2.43 bits per heavy atom. The topological polar surface area (TPSA) is 18.5 Å². The molecule has 1 aliphatic carbocycles. The second-order valence-electron chi connectivity index (χ2n) is 5.25. The number of ether oxygens (including phenoxy) is 2. The van der Waals surface area contributed by atoms with Crippen molar-refractivity contribution in [2.45, 2.75) is 63.5 Å². The maximum Gasteiger partial charge on any atom is 0.456 e. The molecule has 0 aromatic carbocycles. The summed E-state index contributed by atoms with van der Waals surface area (Å²) in [6.45, 7) is 6.75. The fourth-order valence-corrected chi connectivity index (χ4v) is 2.78. The summed E-state index contributed by atoms with van der Waals surface area (Å²) in [7, 11) is 0. The minimum atomic E-state index is -5.68. The summed E-state index contributed by atoms with van der Waals surface area (Å²) in [5.41, 5.74) is -2.64. The van der Waals surface area contributed by atoms with E-state index in [1.54, 1.807) is 6.92 Å². The van der Waals surface area contributed by atoms with Gasteiger partial charge in [0, 0.05) is 12.5 Å². The third-order valence-electron chi connectivity index (χ3n) is 3.77. The fourth-order valence-electron chi connectivity index (χ4n) is 2.78. The smallest absolute Gasteiger partial charge is 0.353 e. The van der Waals surface area contributed by atoms with Crippen LogP contribution in [0.3, 0.4) is 0 Å². The molecule has 0 aliphatic heterocycles. The van der Waals surface area contributed by atoms with Crippen LogP contribution in [0.5, 0.6) is 0 Å². The first-order valence-corrected chi connectivity index (χ1v) is 6.99. The van der Waals surface area contributed by atoms with Crippen molar-refractivity contribution >= 4 is 0 Å². The normalized spacial score (nSPS) is 28.6. The van der Waals surface area contributed by atoms with E-state index >= 15 is 0 Å². The Hall–Kier alpha value is -0.690. The molecule has 1 rings (SSSR count). The molecule has 3 atom stereocenters. The maximum absolute atomic E-state index is 14.1. The average Bonchev–Trinajstić information content (AvgIpc) is 2.79. The summed E-state index contributed by atoms with van der Waals surface area (Å²) >= 11 is 0. The van der Waals surface area contributed by atoms with Gasteiger partial charge in [-0.3, -0.25) is 0 Å². The first-order chi connectivity index (χ1) is 9.62. The van der Waals surface area contributed by atoms with E-state index in [2.05, 4.69) is 6.58 Å². The number of hydrogen-bond donors (Lipinski definition) is 0. The van der Waals surface area contributed by atoms with Gasteiger partial charge in [0.2, 0.25) is 0 Å². The monoisotopic (exact) mass is 316 g/mol. The third kappa shape index (κ3) is 3.39. The maximum atomic E-state index is 14.1. The molecule has 1 fully saturated rings. The lowest BCUT2D eigenvalue weighted by Crippen LogP contribution is -2.61. The highest BCUT2D eigenvalue weighted by molar-refractivity contribution is 5.11. The van der Waals surface area contributed by atoms with Crippen molar-refractivity contribution in [1.29, 1.82) is 0 Å². The second-order valence-corrected chi connectivity index (χ2v) is 5.25. The summed E-state index contributed by atoms with van der Waals surface area (Å²) in [4.78, 5) is 0. The van der Waals surface area contributed by atoms with E-state index in [9.17, 15) is 22.0 Å². The quantitative estimate of drug-likeness (QED) is 0.385. The number of halogens is 5. The Labute approximate surface area is 121 Å². The van der Waals surface area contributed by atoms with Crippen LogP contribution in [0, 0.1) is 5.92 Å². The molecular weight excluding hydrogens is 295 g/mol. The van der Waals surface area contributed by atoms with E-state index in [4.69, 9.17) is 9.47 Å². The van der Waals surface area contributed by atoms with Gasteiger partial charge in [-0.1, -0.05) is 13.0 Å². The van der Waals surface area contributed by atoms with E-state index in [1.807, 2.05) is 0 Å². The van der Waals surface area contributed by atoms with E-state index in [1.165, 1.54) is 6.92 Å². The van der Waals surface area contributed by atoms with Gasteiger partial charge >= 0.3 is 12.1 Å². The highest BCUT2D eigenvalue weighted by Crippen LogP contribution is 2.55. The highest BCUT2D eigenvalue weighted by Gasteiger charge is 2.74. The molecule has 0 spiro atoms. The first-order valence-electron chi connectivity index (χ1n) is 6.99. The molecule has 0 aromatic rings. The van der Waals surface area contributed by atoms with Crippen molar-refractivity contribution in [3.05, 3.63) is 12.7 Å². The van der Waals surface area contributed by atoms with Gasteiger partial charge in [0.1, 0.15) is 0 Å². The van der Waals surface area contributed by atoms with Crippen molar-refractivity contribution < 1.29 is 31.4 Å². The molecule has 0 radical (unpaired) electrons. The first kappa shape index (κ1) is 18.4. The standard InChI is InChI=1S/C14H21F5O2/c1-4-9-20-10(3)21-12(8-6-7-11(12)5-2)13(15,16)14(17,18)19/h5,10-11H,2,4,6-9H2,1,3H3. The predicted octanol–water partition coefficient (Wildman–Crippen LogP) is 4.70. The molecule has 3 unspecified atom stereocenters. The van der Waals surface area contributed by atoms with Crippen molar-refractivity contribution in [1.82, 2.24) is 0 Å². The SMILES string of the molecule is C=CC1CCCC1(OC(C)OCCC)C(F)(F)C(F)(F)F. The molecule has 0 bridgehead atoms. The molecule has 7 heteroatoms. The van der Waals surface area contributed by atoms with Crippen molar-refractivity contribution in [2.24, 2.45) is 5.92 Å². The molecule has 2 nitrogen and oxygen atoms in total. The molecule has 1 saturated carbocycles. The van der Waals surface area contributed by atoms with Gasteiger partial charge in [-0.25, -0.2) is 0 Å². The van der Waals surface area contributed by atoms with Gasteiger partial charge in [0.15, 0.2) is 11.9 Å². The lowest BCUT2D eigenvalue weighted by atomic mass is 9.83. The molecule has 0 aromatic heterocycles. The van der Waals surface area contributed by atoms with E-state index in [0.29, 0.717) is 6.42 Å². The fraction of sp³-hybridized carbons (Fsp3) is 0.857. The molecule has 0 N–H and O–H groups in total. The number of alkyl halides is 5. The summed E-state index contributed by atoms with van der Waals surface area (Å²) in [5, 5.41) is 0. The Balaban J connectivity index is 3.10. The van der Waals surface area contributed by atoms with Crippen LogP contribution in [0.25, 0.3) is 0 Å². The molecule has 1 aliphatic rings. The van der Waals surface area contributed by atoms with Crippen LogP contribution in [0.4, 0.5) is 22.0 Å². The summed E-state index contributed by atoms with van der Waals surface area (Å²) < 4.78 is 76.9. The van der Waals surface area contributed by atoms with Gasteiger partial charge in [-0.05, 0) is 32.6 Å². The lowest BCUT2D eigenvalue weighted by Gasteiger charge is -2.42. The van der Waals surface area contributed by atoms with Crippen molar-refractivity contribution in [2.75, 3.05) is 6.61 Å². The Morgan fingerprint density at radius 1 is 1.33 bits per heavy atom. The Morgan fingerprint density at radius 2 is 1.95 bits per heavy atom. The molecular formula is C14H21F5O2. The van der Waals surface area contributed by atoms with Gasteiger partial charge < -0.3 is 9.47 Å². The van der Waals surface area contributed by atoms with Gasteiger partial charge in [-0.15, -0.1) is 6.58 Å². The lowest BCUT2D eigenvalue weighted by molar-refractivity contribution is -0.374. The minimum Gasteiger partial charge on any atom is -0.353 e. The van der Waals surface area contributed by atoms with Crippen LogP contribution in [-0.2, 0) is 9.47 Å². The van der Waals surface area contributed by atoms with Gasteiger partial charge in [0.05, 0.1) is 0 Å². The number of hydrogen-bond acceptors (Lipinski definition) is 2. The van der Waals surface area contributed by atoms with E-state index in [-0.39, 0.29) is 25.9 Å². The third-order valence-corrected chi connectivity index (χ3v) is 3.77. The van der Waals surface area contributed by atoms with Crippen LogP contribution < -0.4 is 0 Å². The minimum absolute atomic E-state index is 0.190. The largest absolute Gasteiger partial charge is 0.456 e. The zero-order valence-electron chi connectivity index (χ0n) is 12.2.